The smallest absolute Gasteiger partial charge is 0.377 e. The van der Waals surface area contributed by atoms with Crippen molar-refractivity contribution in [2.24, 2.45) is 0 Å². The highest BCUT2D eigenvalue weighted by Crippen LogP contribution is 2.25. The Labute approximate surface area is 121 Å². The molecule has 0 aromatic carbocycles. The Morgan fingerprint density at radius 3 is 2.11 bits per heavy atom. The van der Waals surface area contributed by atoms with Gasteiger partial charge in [0.2, 0.25) is 0 Å². The van der Waals surface area contributed by atoms with Crippen molar-refractivity contribution in [3.63, 3.8) is 0 Å². The molecule has 0 bridgehead atoms. The third-order valence-electron chi connectivity index (χ3n) is 2.06. The fraction of sp³-hybridized carbons (Fsp3) is 1.00. The van der Waals surface area contributed by atoms with Crippen LogP contribution in [0.4, 0.5) is 0 Å². The van der Waals surface area contributed by atoms with E-state index in [2.05, 4.69) is 9.37 Å². The van der Waals surface area contributed by atoms with Crippen molar-refractivity contribution in [2.75, 3.05) is 38.6 Å². The first-order valence-electron chi connectivity index (χ1n) is 5.24. The molecule has 0 unspecified atom stereocenters. The summed E-state index contributed by atoms with van der Waals surface area (Å²) >= 11 is 1.07. The summed E-state index contributed by atoms with van der Waals surface area (Å²) in [5, 5.41) is 11.4. The van der Waals surface area contributed by atoms with E-state index in [-0.39, 0.29) is 0 Å². The lowest BCUT2D eigenvalue weighted by atomic mass is 10.6. The van der Waals surface area contributed by atoms with Crippen LogP contribution in [0.2, 0.25) is 6.04 Å². The fourth-order valence-corrected chi connectivity index (χ4v) is 5.95. The first-order valence-corrected chi connectivity index (χ1v) is 10.6. The van der Waals surface area contributed by atoms with Crippen molar-refractivity contribution in [3.05, 3.63) is 0 Å². The van der Waals surface area contributed by atoms with Crippen molar-refractivity contribution in [3.8, 4) is 0 Å². The van der Waals surface area contributed by atoms with E-state index in [4.69, 9.17) is 18.5 Å². The lowest BCUT2D eigenvalue weighted by molar-refractivity contribution is -0.432. The van der Waals surface area contributed by atoms with Crippen LogP contribution in [-0.4, -0.2) is 52.6 Å². The van der Waals surface area contributed by atoms with Crippen LogP contribution in [0, 0.1) is 0 Å². The third-order valence-corrected chi connectivity index (χ3v) is 8.17. The van der Waals surface area contributed by atoms with Gasteiger partial charge < -0.3 is 13.3 Å². The lowest BCUT2D eigenvalue weighted by Crippen LogP contribution is -2.42. The van der Waals surface area contributed by atoms with Gasteiger partial charge in [-0.3, -0.25) is 0 Å². The van der Waals surface area contributed by atoms with Gasteiger partial charge in [-0.15, -0.1) is 4.33 Å². The van der Waals surface area contributed by atoms with E-state index >= 15 is 0 Å². The van der Waals surface area contributed by atoms with Gasteiger partial charge in [0.05, 0.1) is 0 Å². The van der Waals surface area contributed by atoms with Gasteiger partial charge in [0.1, 0.15) is 0 Å². The molecular formula is C8H20O6S3Si. The molecule has 0 aromatic rings. The molecule has 0 radical (unpaired) electrons. The van der Waals surface area contributed by atoms with Crippen molar-refractivity contribution in [1.29, 1.82) is 0 Å². The molecule has 0 heterocycles. The molecule has 110 valence electrons. The van der Waals surface area contributed by atoms with Gasteiger partial charge in [-0.25, -0.2) is 5.26 Å². The van der Waals surface area contributed by atoms with Crippen molar-refractivity contribution >= 4 is 42.4 Å². The van der Waals surface area contributed by atoms with E-state index in [9.17, 15) is 0 Å². The molecular weight excluding hydrogens is 316 g/mol. The van der Waals surface area contributed by atoms with E-state index < -0.39 is 8.80 Å². The largest absolute Gasteiger partial charge is 0.500 e. The summed E-state index contributed by atoms with van der Waals surface area (Å²) in [6.07, 6.45) is 0.989. The fourth-order valence-electron chi connectivity index (χ4n) is 1.15. The van der Waals surface area contributed by atoms with Gasteiger partial charge in [0.15, 0.2) is 0 Å². The van der Waals surface area contributed by atoms with E-state index in [1.54, 1.807) is 42.9 Å². The Bertz CT molecular complexity index is 178. The topological polar surface area (TPSA) is 66.4 Å². The summed E-state index contributed by atoms with van der Waals surface area (Å²) in [5.74, 6) is 2.68. The van der Waals surface area contributed by atoms with Crippen LogP contribution in [0.1, 0.15) is 6.42 Å². The number of hydrogen-bond donors (Lipinski definition) is 1. The Hall–Kier alpha value is 1.03. The second-order valence-electron chi connectivity index (χ2n) is 3.01. The van der Waals surface area contributed by atoms with Crippen LogP contribution in [0.3, 0.4) is 0 Å². The van der Waals surface area contributed by atoms with Crippen LogP contribution in [0.5, 0.6) is 0 Å². The van der Waals surface area contributed by atoms with Gasteiger partial charge in [0.25, 0.3) is 0 Å². The van der Waals surface area contributed by atoms with E-state index in [1.807, 2.05) is 0 Å². The zero-order chi connectivity index (χ0) is 13.7. The number of hydrogen-bond acceptors (Lipinski definition) is 9. The zero-order valence-corrected chi connectivity index (χ0v) is 14.2. The summed E-state index contributed by atoms with van der Waals surface area (Å²) in [6.45, 7) is 0. The monoisotopic (exact) mass is 336 g/mol. The van der Waals surface area contributed by atoms with Crippen molar-refractivity contribution < 1.29 is 27.9 Å². The second-order valence-corrected chi connectivity index (χ2v) is 9.58. The molecule has 0 spiro atoms. The SMILES string of the molecule is CO[Si](CCCSSCCSOOO)(OC)OC. The molecule has 0 aliphatic carbocycles. The summed E-state index contributed by atoms with van der Waals surface area (Å²) in [5.41, 5.74) is 0. The Morgan fingerprint density at radius 2 is 1.56 bits per heavy atom. The highest BCUT2D eigenvalue weighted by molar-refractivity contribution is 8.76. The summed E-state index contributed by atoms with van der Waals surface area (Å²) in [6, 6.07) is 0.820. The Kier molecular flexibility index (Phi) is 13.8. The van der Waals surface area contributed by atoms with Gasteiger partial charge in [-0.05, 0) is 6.42 Å². The predicted octanol–water partition coefficient (Wildman–Crippen LogP) is 2.71. The predicted molar refractivity (Wildman–Crippen MR) is 78.4 cm³/mol. The maximum Gasteiger partial charge on any atom is 0.500 e. The van der Waals surface area contributed by atoms with Crippen LogP contribution in [-0.2, 0) is 22.7 Å². The Balaban J connectivity index is 3.38. The highest BCUT2D eigenvalue weighted by atomic mass is 33.1. The molecule has 6 nitrogen and oxygen atoms in total. The van der Waals surface area contributed by atoms with Crippen LogP contribution >= 0.6 is 33.6 Å². The van der Waals surface area contributed by atoms with Crippen molar-refractivity contribution in [1.82, 2.24) is 0 Å². The van der Waals surface area contributed by atoms with Gasteiger partial charge in [-0.2, -0.15) is 0 Å². The summed E-state index contributed by atoms with van der Waals surface area (Å²) < 4.78 is 20.2. The first kappa shape index (κ1) is 19.0. The number of rotatable bonds is 13. The second kappa shape index (κ2) is 13.0. The third kappa shape index (κ3) is 9.01. The van der Waals surface area contributed by atoms with E-state index in [0.29, 0.717) is 0 Å². The van der Waals surface area contributed by atoms with Crippen molar-refractivity contribution in [2.45, 2.75) is 12.5 Å². The molecule has 0 atom stereocenters. The average Bonchev–Trinajstić information content (AvgIpc) is 2.42. The van der Waals surface area contributed by atoms with Gasteiger partial charge in [-0.1, -0.05) is 26.6 Å². The molecule has 0 saturated heterocycles. The lowest BCUT2D eigenvalue weighted by Gasteiger charge is -2.23. The minimum atomic E-state index is -2.39. The van der Waals surface area contributed by atoms with Gasteiger partial charge >= 0.3 is 8.80 Å². The van der Waals surface area contributed by atoms with Gasteiger partial charge in [0, 0.05) is 56.7 Å². The molecule has 0 fully saturated rings. The Morgan fingerprint density at radius 1 is 0.944 bits per heavy atom. The molecule has 10 heteroatoms. The molecule has 0 rings (SSSR count). The van der Waals surface area contributed by atoms with E-state index in [1.165, 1.54) is 0 Å². The zero-order valence-electron chi connectivity index (χ0n) is 10.7. The first-order chi connectivity index (χ1) is 8.74. The normalized spacial score (nSPS) is 12.0. The quantitative estimate of drug-likeness (QED) is 0.136. The van der Waals surface area contributed by atoms with Crippen LogP contribution in [0.15, 0.2) is 0 Å². The molecule has 0 saturated carbocycles. The molecule has 1 N–H and O–H groups in total. The standard InChI is InChI=1S/C8H20O6S3Si/c1-10-18(11-2,12-3)8-4-5-16-17-7-6-15-14-13-9/h9H,4-8H2,1-3H3. The molecule has 0 aliphatic heterocycles. The van der Waals surface area contributed by atoms with Crippen LogP contribution in [0.25, 0.3) is 0 Å². The average molecular weight is 337 g/mol. The molecule has 0 aliphatic rings. The molecule has 0 aromatic heterocycles. The summed E-state index contributed by atoms with van der Waals surface area (Å²) in [7, 11) is 6.02. The molecule has 18 heavy (non-hydrogen) atoms. The maximum absolute atomic E-state index is 7.90. The minimum Gasteiger partial charge on any atom is -0.377 e. The highest BCUT2D eigenvalue weighted by Gasteiger charge is 2.36. The molecule has 0 amide bonds. The van der Waals surface area contributed by atoms with E-state index in [0.717, 1.165) is 41.8 Å². The minimum absolute atomic E-state index is 0.755. The maximum atomic E-state index is 7.90. The van der Waals surface area contributed by atoms with Crippen LogP contribution < -0.4 is 0 Å². The summed E-state index contributed by atoms with van der Waals surface area (Å²) in [4.78, 5) is 0.